The Morgan fingerprint density at radius 1 is 1.16 bits per heavy atom. The van der Waals surface area contributed by atoms with E-state index in [2.05, 4.69) is 42.3 Å². The minimum absolute atomic E-state index is 0.0411. The van der Waals surface area contributed by atoms with E-state index in [0.29, 0.717) is 19.6 Å². The van der Waals surface area contributed by atoms with Gasteiger partial charge >= 0.3 is 0 Å². The molecule has 0 radical (unpaired) electrons. The Morgan fingerprint density at radius 2 is 1.91 bits per heavy atom. The molecule has 2 unspecified atom stereocenters. The summed E-state index contributed by atoms with van der Waals surface area (Å²) in [6, 6.07) is 18.2. The number of rotatable bonds is 11. The molecule has 1 aliphatic rings. The largest absolute Gasteiger partial charge is 0.497 e. The topological polar surface area (TPSA) is 61.9 Å². The van der Waals surface area contributed by atoms with Gasteiger partial charge in [-0.1, -0.05) is 56.3 Å². The lowest BCUT2D eigenvalue weighted by Crippen LogP contribution is -2.40. The van der Waals surface area contributed by atoms with Gasteiger partial charge in [-0.25, -0.2) is 0 Å². The first-order valence-corrected chi connectivity index (χ1v) is 11.5. The molecular formula is C26H35N3O3. The third-order valence-corrected chi connectivity index (χ3v) is 6.30. The van der Waals surface area contributed by atoms with Gasteiger partial charge in [-0.2, -0.15) is 0 Å². The first-order chi connectivity index (χ1) is 15.5. The maximum atomic E-state index is 12.9. The summed E-state index contributed by atoms with van der Waals surface area (Å²) < 4.78 is 5.39. The van der Waals surface area contributed by atoms with E-state index in [0.717, 1.165) is 30.8 Å². The summed E-state index contributed by atoms with van der Waals surface area (Å²) in [4.78, 5) is 29.5. The van der Waals surface area contributed by atoms with Crippen LogP contribution in [0.1, 0.15) is 37.4 Å². The van der Waals surface area contributed by atoms with Crippen molar-refractivity contribution >= 4 is 11.8 Å². The highest BCUT2D eigenvalue weighted by molar-refractivity contribution is 5.89. The number of amides is 2. The average Bonchev–Trinajstić information content (AvgIpc) is 3.21. The number of carbonyl (C=O) groups is 2. The number of hydrogen-bond acceptors (Lipinski definition) is 4. The lowest BCUT2D eigenvalue weighted by atomic mass is 10.0. The smallest absolute Gasteiger partial charge is 0.225 e. The van der Waals surface area contributed by atoms with Crippen LogP contribution in [0.5, 0.6) is 5.75 Å². The number of nitrogens with zero attached hydrogens (tertiary/aromatic N) is 2. The van der Waals surface area contributed by atoms with E-state index >= 15 is 0 Å². The lowest BCUT2D eigenvalue weighted by molar-refractivity contribution is -0.129. The fourth-order valence-electron chi connectivity index (χ4n) is 4.39. The fourth-order valence-corrected chi connectivity index (χ4v) is 4.39. The Balaban J connectivity index is 1.58. The zero-order valence-corrected chi connectivity index (χ0v) is 19.4. The van der Waals surface area contributed by atoms with Crippen molar-refractivity contribution in [1.29, 1.82) is 0 Å². The zero-order chi connectivity index (χ0) is 22.9. The van der Waals surface area contributed by atoms with E-state index < -0.39 is 0 Å². The summed E-state index contributed by atoms with van der Waals surface area (Å²) in [5.74, 6) is 0.539. The van der Waals surface area contributed by atoms with Crippen molar-refractivity contribution in [3.05, 3.63) is 65.7 Å². The average molecular weight is 438 g/mol. The van der Waals surface area contributed by atoms with Crippen molar-refractivity contribution in [3.63, 3.8) is 0 Å². The molecule has 0 bridgehead atoms. The maximum Gasteiger partial charge on any atom is 0.225 e. The predicted molar refractivity (Wildman–Crippen MR) is 126 cm³/mol. The molecule has 0 aliphatic carbocycles. The summed E-state index contributed by atoms with van der Waals surface area (Å²) >= 11 is 0. The Morgan fingerprint density at radius 3 is 2.59 bits per heavy atom. The summed E-state index contributed by atoms with van der Waals surface area (Å²) in [6.45, 7) is 7.65. The highest BCUT2D eigenvalue weighted by atomic mass is 16.5. The molecule has 0 saturated carbocycles. The van der Waals surface area contributed by atoms with Crippen LogP contribution in [0.25, 0.3) is 0 Å². The van der Waals surface area contributed by atoms with Crippen molar-refractivity contribution in [1.82, 2.24) is 15.1 Å². The molecule has 172 valence electrons. The van der Waals surface area contributed by atoms with Gasteiger partial charge in [-0.05, 0) is 42.8 Å². The normalized spacial score (nSPS) is 16.9. The Kier molecular flexibility index (Phi) is 8.68. The van der Waals surface area contributed by atoms with Gasteiger partial charge in [-0.15, -0.1) is 0 Å². The molecule has 1 aliphatic heterocycles. The zero-order valence-electron chi connectivity index (χ0n) is 19.4. The number of benzene rings is 2. The number of likely N-dealkylation sites (tertiary alicyclic amines) is 1. The SMILES string of the molecule is CCN(CC)C(CNC(=O)C1CC(=O)N(CCc2ccccc2)C1)c1cccc(OC)c1. The molecule has 6 heteroatoms. The highest BCUT2D eigenvalue weighted by Gasteiger charge is 2.34. The molecule has 0 aromatic heterocycles. The molecule has 2 atom stereocenters. The molecule has 2 amide bonds. The molecular weight excluding hydrogens is 402 g/mol. The van der Waals surface area contributed by atoms with Gasteiger partial charge in [0.1, 0.15) is 5.75 Å². The second-order valence-electron chi connectivity index (χ2n) is 8.24. The van der Waals surface area contributed by atoms with E-state index in [4.69, 9.17) is 4.74 Å². The first-order valence-electron chi connectivity index (χ1n) is 11.5. The number of methoxy groups -OCH3 is 1. The van der Waals surface area contributed by atoms with E-state index in [1.807, 2.05) is 41.3 Å². The van der Waals surface area contributed by atoms with Crippen LogP contribution in [-0.2, 0) is 16.0 Å². The standard InChI is InChI=1S/C26H35N3O3/c1-4-28(5-2)24(21-12-9-13-23(16-21)32-3)18-27-26(31)22-17-25(30)29(19-22)15-14-20-10-7-6-8-11-20/h6-13,16,22,24H,4-5,14-15,17-19H2,1-3H3,(H,27,31). The summed E-state index contributed by atoms with van der Waals surface area (Å²) in [7, 11) is 1.66. The summed E-state index contributed by atoms with van der Waals surface area (Å²) in [6.07, 6.45) is 1.09. The van der Waals surface area contributed by atoms with Crippen LogP contribution in [0.15, 0.2) is 54.6 Å². The molecule has 2 aromatic carbocycles. The predicted octanol–water partition coefficient (Wildman–Crippen LogP) is 3.29. The van der Waals surface area contributed by atoms with Crippen LogP contribution in [0.4, 0.5) is 0 Å². The molecule has 32 heavy (non-hydrogen) atoms. The first kappa shape index (κ1) is 23.8. The number of likely N-dealkylation sites (N-methyl/N-ethyl adjacent to an activating group) is 1. The monoisotopic (exact) mass is 437 g/mol. The molecule has 1 saturated heterocycles. The Bertz CT molecular complexity index is 883. The fraction of sp³-hybridized carbons (Fsp3) is 0.462. The van der Waals surface area contributed by atoms with Crippen molar-refractivity contribution in [3.8, 4) is 5.75 Å². The second-order valence-corrected chi connectivity index (χ2v) is 8.24. The van der Waals surface area contributed by atoms with Crippen LogP contribution in [0, 0.1) is 5.92 Å². The number of nitrogens with one attached hydrogen (secondary N) is 1. The maximum absolute atomic E-state index is 12.9. The number of carbonyl (C=O) groups excluding carboxylic acids is 2. The van der Waals surface area contributed by atoms with Crippen molar-refractivity contribution < 1.29 is 14.3 Å². The summed E-state index contributed by atoms with van der Waals surface area (Å²) in [5, 5.41) is 3.12. The van der Waals surface area contributed by atoms with Crippen molar-refractivity contribution in [2.24, 2.45) is 5.92 Å². The summed E-state index contributed by atoms with van der Waals surface area (Å²) in [5.41, 5.74) is 2.31. The molecule has 1 heterocycles. The van der Waals surface area contributed by atoms with E-state index in [-0.39, 0.29) is 30.2 Å². The van der Waals surface area contributed by atoms with Gasteiger partial charge < -0.3 is 15.0 Å². The van der Waals surface area contributed by atoms with Gasteiger partial charge in [0.05, 0.1) is 19.1 Å². The minimum atomic E-state index is -0.291. The quantitative estimate of drug-likeness (QED) is 0.586. The molecule has 3 rings (SSSR count). The third-order valence-electron chi connectivity index (χ3n) is 6.30. The van der Waals surface area contributed by atoms with Gasteiger partial charge in [-0.3, -0.25) is 14.5 Å². The van der Waals surface area contributed by atoms with Gasteiger partial charge in [0, 0.05) is 26.1 Å². The number of ether oxygens (including phenoxy) is 1. The molecule has 1 fully saturated rings. The van der Waals surface area contributed by atoms with Crippen LogP contribution < -0.4 is 10.1 Å². The molecule has 6 nitrogen and oxygen atoms in total. The van der Waals surface area contributed by atoms with E-state index in [1.54, 1.807) is 7.11 Å². The Hall–Kier alpha value is -2.86. The second kappa shape index (κ2) is 11.7. The molecule has 1 N–H and O–H groups in total. The number of hydrogen-bond donors (Lipinski definition) is 1. The van der Waals surface area contributed by atoms with Crippen molar-refractivity contribution in [2.45, 2.75) is 32.7 Å². The van der Waals surface area contributed by atoms with Crippen LogP contribution >= 0.6 is 0 Å². The van der Waals surface area contributed by atoms with Gasteiger partial charge in [0.2, 0.25) is 11.8 Å². The van der Waals surface area contributed by atoms with Crippen LogP contribution in [0.3, 0.4) is 0 Å². The van der Waals surface area contributed by atoms with Crippen molar-refractivity contribution in [2.75, 3.05) is 39.8 Å². The Labute approximate surface area is 191 Å². The van der Waals surface area contributed by atoms with Gasteiger partial charge in [0.25, 0.3) is 0 Å². The van der Waals surface area contributed by atoms with Gasteiger partial charge in [0.15, 0.2) is 0 Å². The minimum Gasteiger partial charge on any atom is -0.497 e. The highest BCUT2D eigenvalue weighted by Crippen LogP contribution is 2.24. The molecule has 2 aromatic rings. The van der Waals surface area contributed by atoms with E-state index in [1.165, 1.54) is 5.56 Å². The third kappa shape index (κ3) is 6.10. The molecule has 0 spiro atoms. The van der Waals surface area contributed by atoms with E-state index in [9.17, 15) is 9.59 Å². The van der Waals surface area contributed by atoms with Crippen LogP contribution in [-0.4, -0.2) is 61.4 Å². The lowest BCUT2D eigenvalue weighted by Gasteiger charge is -2.30. The van der Waals surface area contributed by atoms with Crippen LogP contribution in [0.2, 0.25) is 0 Å².